The first kappa shape index (κ1) is 17.9. The fraction of sp³-hybridized carbons (Fsp3) is 0.100. The SMILES string of the molecule is COC(=O)c1ccc(Nc2cc(Nc3ccccc3C#N)nc(C)n2)cc1. The lowest BCUT2D eigenvalue weighted by Crippen LogP contribution is -2.03. The number of carbonyl (C=O) groups is 1. The quantitative estimate of drug-likeness (QED) is 0.666. The van der Waals surface area contributed by atoms with Gasteiger partial charge in [0.1, 0.15) is 23.5 Å². The summed E-state index contributed by atoms with van der Waals surface area (Å²) in [4.78, 5) is 20.2. The molecular weight excluding hydrogens is 342 g/mol. The highest BCUT2D eigenvalue weighted by Crippen LogP contribution is 2.22. The maximum atomic E-state index is 11.5. The van der Waals surface area contributed by atoms with Crippen molar-refractivity contribution in [1.29, 1.82) is 5.26 Å². The molecule has 0 aliphatic rings. The summed E-state index contributed by atoms with van der Waals surface area (Å²) in [6, 6.07) is 18.0. The van der Waals surface area contributed by atoms with Crippen LogP contribution in [0, 0.1) is 18.3 Å². The molecule has 0 saturated heterocycles. The fourth-order valence-electron chi connectivity index (χ4n) is 2.48. The molecule has 134 valence electrons. The van der Waals surface area contributed by atoms with Crippen LogP contribution in [-0.2, 0) is 4.74 Å². The first-order valence-electron chi connectivity index (χ1n) is 8.16. The van der Waals surface area contributed by atoms with Gasteiger partial charge in [-0.3, -0.25) is 0 Å². The highest BCUT2D eigenvalue weighted by molar-refractivity contribution is 5.89. The van der Waals surface area contributed by atoms with E-state index in [4.69, 9.17) is 4.74 Å². The molecule has 3 aromatic rings. The minimum atomic E-state index is -0.387. The average molecular weight is 359 g/mol. The minimum Gasteiger partial charge on any atom is -0.465 e. The van der Waals surface area contributed by atoms with E-state index in [-0.39, 0.29) is 5.97 Å². The van der Waals surface area contributed by atoms with Crippen LogP contribution in [-0.4, -0.2) is 23.0 Å². The first-order valence-corrected chi connectivity index (χ1v) is 8.16. The van der Waals surface area contributed by atoms with Gasteiger partial charge in [0.15, 0.2) is 0 Å². The number of esters is 1. The van der Waals surface area contributed by atoms with E-state index in [1.807, 2.05) is 12.1 Å². The maximum Gasteiger partial charge on any atom is 0.337 e. The average Bonchev–Trinajstić information content (AvgIpc) is 2.68. The van der Waals surface area contributed by atoms with Crippen LogP contribution in [0.1, 0.15) is 21.7 Å². The Balaban J connectivity index is 1.81. The summed E-state index contributed by atoms with van der Waals surface area (Å²) in [5, 5.41) is 15.5. The van der Waals surface area contributed by atoms with E-state index in [0.29, 0.717) is 34.3 Å². The molecule has 0 radical (unpaired) electrons. The lowest BCUT2D eigenvalue weighted by Gasteiger charge is -2.11. The summed E-state index contributed by atoms with van der Waals surface area (Å²) in [6.45, 7) is 1.78. The van der Waals surface area contributed by atoms with Crippen LogP contribution in [0.2, 0.25) is 0 Å². The zero-order valence-electron chi connectivity index (χ0n) is 14.9. The lowest BCUT2D eigenvalue weighted by molar-refractivity contribution is 0.0601. The van der Waals surface area contributed by atoms with Crippen LogP contribution >= 0.6 is 0 Å². The number of hydrogen-bond acceptors (Lipinski definition) is 7. The third-order valence-corrected chi connectivity index (χ3v) is 3.73. The maximum absolute atomic E-state index is 11.5. The molecule has 27 heavy (non-hydrogen) atoms. The molecule has 0 bridgehead atoms. The number of aromatic nitrogens is 2. The minimum absolute atomic E-state index is 0.387. The van der Waals surface area contributed by atoms with Gasteiger partial charge in [0.25, 0.3) is 0 Å². The van der Waals surface area contributed by atoms with E-state index in [9.17, 15) is 10.1 Å². The predicted octanol–water partition coefficient (Wildman–Crippen LogP) is 3.93. The second kappa shape index (κ2) is 7.97. The summed E-state index contributed by atoms with van der Waals surface area (Å²) < 4.78 is 4.69. The number of aryl methyl sites for hydroxylation is 1. The standard InChI is InChI=1S/C20H17N5O2/c1-13-22-18(24-16-9-7-14(8-10-16)20(26)27-2)11-19(23-13)25-17-6-4-3-5-15(17)12-21/h3-11H,1-2H3,(H2,22,23,24,25). The molecule has 0 aliphatic carbocycles. The van der Waals surface area contributed by atoms with E-state index >= 15 is 0 Å². The van der Waals surface area contributed by atoms with Crippen LogP contribution < -0.4 is 10.6 Å². The predicted molar refractivity (Wildman–Crippen MR) is 102 cm³/mol. The third kappa shape index (κ3) is 4.38. The number of nitriles is 1. The Bertz CT molecular complexity index is 1010. The largest absolute Gasteiger partial charge is 0.465 e. The van der Waals surface area contributed by atoms with Gasteiger partial charge in [0, 0.05) is 11.8 Å². The van der Waals surface area contributed by atoms with Crippen molar-refractivity contribution in [2.75, 3.05) is 17.7 Å². The number of rotatable bonds is 5. The smallest absolute Gasteiger partial charge is 0.337 e. The molecule has 1 aromatic heterocycles. The van der Waals surface area contributed by atoms with Crippen molar-refractivity contribution in [3.8, 4) is 6.07 Å². The Kier molecular flexibility index (Phi) is 5.28. The van der Waals surface area contributed by atoms with Crippen LogP contribution in [0.15, 0.2) is 54.6 Å². The summed E-state index contributed by atoms with van der Waals surface area (Å²) in [5.41, 5.74) is 2.44. The van der Waals surface area contributed by atoms with Crippen molar-refractivity contribution in [2.45, 2.75) is 6.92 Å². The number of para-hydroxylation sites is 1. The number of nitrogens with one attached hydrogen (secondary N) is 2. The number of anilines is 4. The topological polar surface area (TPSA) is 99.9 Å². The Morgan fingerprint density at radius 3 is 2.37 bits per heavy atom. The summed E-state index contributed by atoms with van der Waals surface area (Å²) in [7, 11) is 1.34. The molecule has 7 heteroatoms. The number of carbonyl (C=O) groups excluding carboxylic acids is 1. The summed E-state index contributed by atoms with van der Waals surface area (Å²) >= 11 is 0. The highest BCUT2D eigenvalue weighted by atomic mass is 16.5. The molecule has 0 saturated carbocycles. The number of hydrogen-bond donors (Lipinski definition) is 2. The number of nitrogens with zero attached hydrogens (tertiary/aromatic N) is 3. The van der Waals surface area contributed by atoms with E-state index in [0.717, 1.165) is 5.69 Å². The van der Waals surface area contributed by atoms with Crippen LogP contribution in [0.3, 0.4) is 0 Å². The molecule has 2 aromatic carbocycles. The van der Waals surface area contributed by atoms with Crippen molar-refractivity contribution in [1.82, 2.24) is 9.97 Å². The van der Waals surface area contributed by atoms with Gasteiger partial charge >= 0.3 is 5.97 Å². The number of benzene rings is 2. The third-order valence-electron chi connectivity index (χ3n) is 3.73. The Morgan fingerprint density at radius 2 is 1.70 bits per heavy atom. The van der Waals surface area contributed by atoms with Gasteiger partial charge < -0.3 is 15.4 Å². The van der Waals surface area contributed by atoms with Crippen molar-refractivity contribution >= 4 is 29.0 Å². The molecular formula is C20H17N5O2. The van der Waals surface area contributed by atoms with Crippen molar-refractivity contribution in [2.24, 2.45) is 0 Å². The van der Waals surface area contributed by atoms with E-state index < -0.39 is 0 Å². The first-order chi connectivity index (χ1) is 13.1. The molecule has 7 nitrogen and oxygen atoms in total. The van der Waals surface area contributed by atoms with Gasteiger partial charge in [-0.2, -0.15) is 5.26 Å². The molecule has 0 unspecified atom stereocenters. The van der Waals surface area contributed by atoms with E-state index in [2.05, 4.69) is 26.7 Å². The van der Waals surface area contributed by atoms with Gasteiger partial charge in [-0.25, -0.2) is 14.8 Å². The Hall–Kier alpha value is -3.92. The zero-order chi connectivity index (χ0) is 19.2. The molecule has 0 aliphatic heterocycles. The molecule has 2 N–H and O–H groups in total. The van der Waals surface area contributed by atoms with Gasteiger partial charge in [0.2, 0.25) is 0 Å². The monoisotopic (exact) mass is 359 g/mol. The van der Waals surface area contributed by atoms with Crippen molar-refractivity contribution < 1.29 is 9.53 Å². The normalized spacial score (nSPS) is 9.96. The lowest BCUT2D eigenvalue weighted by atomic mass is 10.2. The molecule has 0 amide bonds. The Labute approximate surface area is 156 Å². The number of ether oxygens (including phenoxy) is 1. The van der Waals surface area contributed by atoms with Crippen LogP contribution in [0.4, 0.5) is 23.0 Å². The second-order valence-corrected chi connectivity index (χ2v) is 5.66. The van der Waals surface area contributed by atoms with Crippen LogP contribution in [0.5, 0.6) is 0 Å². The van der Waals surface area contributed by atoms with Gasteiger partial charge in [-0.15, -0.1) is 0 Å². The fourth-order valence-corrected chi connectivity index (χ4v) is 2.48. The molecule has 3 rings (SSSR count). The summed E-state index contributed by atoms with van der Waals surface area (Å²) in [5.74, 6) is 1.34. The van der Waals surface area contributed by atoms with E-state index in [1.54, 1.807) is 49.4 Å². The number of methoxy groups -OCH3 is 1. The molecule has 0 spiro atoms. The molecule has 1 heterocycles. The second-order valence-electron chi connectivity index (χ2n) is 5.66. The zero-order valence-corrected chi connectivity index (χ0v) is 14.9. The van der Waals surface area contributed by atoms with Gasteiger partial charge in [-0.05, 0) is 43.3 Å². The van der Waals surface area contributed by atoms with Crippen molar-refractivity contribution in [3.63, 3.8) is 0 Å². The van der Waals surface area contributed by atoms with Gasteiger partial charge in [0.05, 0.1) is 23.9 Å². The van der Waals surface area contributed by atoms with E-state index in [1.165, 1.54) is 7.11 Å². The summed E-state index contributed by atoms with van der Waals surface area (Å²) in [6.07, 6.45) is 0. The van der Waals surface area contributed by atoms with Crippen LogP contribution in [0.25, 0.3) is 0 Å². The highest BCUT2D eigenvalue weighted by Gasteiger charge is 2.07. The van der Waals surface area contributed by atoms with Crippen molar-refractivity contribution in [3.05, 3.63) is 71.5 Å². The molecule has 0 fully saturated rings. The van der Waals surface area contributed by atoms with Gasteiger partial charge in [-0.1, -0.05) is 12.1 Å². The Morgan fingerprint density at radius 1 is 1.04 bits per heavy atom. The molecule has 0 atom stereocenters.